The second-order valence-electron chi connectivity index (χ2n) is 6.93. The fourth-order valence-corrected chi connectivity index (χ4v) is 3.06. The van der Waals surface area contributed by atoms with Crippen LogP contribution in [0.3, 0.4) is 0 Å². The van der Waals surface area contributed by atoms with Crippen molar-refractivity contribution in [3.63, 3.8) is 0 Å². The van der Waals surface area contributed by atoms with E-state index in [2.05, 4.69) is 15.6 Å². The topological polar surface area (TPSA) is 64.7 Å². The van der Waals surface area contributed by atoms with Crippen molar-refractivity contribution >= 4 is 11.6 Å². The summed E-state index contributed by atoms with van der Waals surface area (Å²) < 4.78 is 17.6. The molecule has 0 fully saturated rings. The van der Waals surface area contributed by atoms with Gasteiger partial charge in [-0.05, 0) is 49.2 Å². The summed E-state index contributed by atoms with van der Waals surface area (Å²) in [5, 5.41) is 10.9. The Balaban J connectivity index is 1.68. The number of rotatable bonds is 5. The Kier molecular flexibility index (Phi) is 4.95. The fraction of sp³-hybridized carbons (Fsp3) is 0.136. The summed E-state index contributed by atoms with van der Waals surface area (Å²) in [4.78, 5) is 12.9. The Bertz CT molecular complexity index is 1150. The van der Waals surface area contributed by atoms with Gasteiger partial charge < -0.3 is 9.88 Å². The van der Waals surface area contributed by atoms with Crippen LogP contribution in [0, 0.1) is 19.7 Å². The molecule has 0 saturated carbocycles. The maximum absolute atomic E-state index is 14.2. The molecule has 4 rings (SSSR count). The third-order valence-electron chi connectivity index (χ3n) is 4.60. The smallest absolute Gasteiger partial charge is 0.280 e. The highest BCUT2D eigenvalue weighted by atomic mass is 19.1. The van der Waals surface area contributed by atoms with Gasteiger partial charge in [0.05, 0.1) is 12.2 Å². The van der Waals surface area contributed by atoms with Gasteiger partial charge >= 0.3 is 0 Å². The third-order valence-corrected chi connectivity index (χ3v) is 4.60. The molecule has 0 atom stereocenters. The van der Waals surface area contributed by atoms with Gasteiger partial charge in [0.25, 0.3) is 5.91 Å². The summed E-state index contributed by atoms with van der Waals surface area (Å²) in [6.45, 7) is 4.26. The normalized spacial score (nSPS) is 10.9. The SMILES string of the molecule is Cc1ccc(Cn2nnc(C(=O)Nc3ccc(C)cc3F)c2-n2cccc2)cc1. The van der Waals surface area contributed by atoms with Crippen LogP contribution in [0.4, 0.5) is 10.1 Å². The van der Waals surface area contributed by atoms with Crippen molar-refractivity contribution in [1.82, 2.24) is 19.6 Å². The van der Waals surface area contributed by atoms with Gasteiger partial charge in [-0.2, -0.15) is 0 Å². The number of benzene rings is 2. The zero-order valence-corrected chi connectivity index (χ0v) is 16.1. The number of carbonyl (C=O) groups excluding carboxylic acids is 1. The van der Waals surface area contributed by atoms with E-state index in [0.29, 0.717) is 12.4 Å². The molecule has 0 saturated heterocycles. The van der Waals surface area contributed by atoms with Crippen LogP contribution in [0.25, 0.3) is 5.82 Å². The summed E-state index contributed by atoms with van der Waals surface area (Å²) in [6.07, 6.45) is 3.63. The van der Waals surface area contributed by atoms with Crippen molar-refractivity contribution < 1.29 is 9.18 Å². The minimum Gasteiger partial charge on any atom is -0.318 e. The number of amides is 1. The summed E-state index contributed by atoms with van der Waals surface area (Å²) in [5.74, 6) is -0.500. The molecule has 2 aromatic heterocycles. The first-order valence-electron chi connectivity index (χ1n) is 9.21. The number of anilines is 1. The van der Waals surface area contributed by atoms with Gasteiger partial charge in [0.1, 0.15) is 5.82 Å². The third kappa shape index (κ3) is 3.94. The minimum absolute atomic E-state index is 0.104. The fourth-order valence-electron chi connectivity index (χ4n) is 3.06. The van der Waals surface area contributed by atoms with Crippen molar-refractivity contribution in [3.05, 3.63) is 95.2 Å². The van der Waals surface area contributed by atoms with Crippen molar-refractivity contribution in [2.45, 2.75) is 20.4 Å². The molecule has 2 aromatic carbocycles. The second-order valence-corrected chi connectivity index (χ2v) is 6.93. The van der Waals surface area contributed by atoms with Gasteiger partial charge in [-0.15, -0.1) is 5.10 Å². The first kappa shape index (κ1) is 18.6. The van der Waals surface area contributed by atoms with Gasteiger partial charge in [0.2, 0.25) is 0 Å². The van der Waals surface area contributed by atoms with E-state index in [1.807, 2.05) is 55.7 Å². The molecule has 0 spiro atoms. The number of halogens is 1. The molecule has 2 heterocycles. The van der Waals surface area contributed by atoms with Crippen LogP contribution in [0.5, 0.6) is 0 Å². The molecule has 146 valence electrons. The minimum atomic E-state index is -0.522. The molecule has 0 bridgehead atoms. The molecular formula is C22H20FN5O. The lowest BCUT2D eigenvalue weighted by molar-refractivity contribution is 0.102. The van der Waals surface area contributed by atoms with E-state index in [1.165, 1.54) is 12.1 Å². The van der Waals surface area contributed by atoms with Crippen molar-refractivity contribution in [3.8, 4) is 5.82 Å². The monoisotopic (exact) mass is 389 g/mol. The summed E-state index contributed by atoms with van der Waals surface area (Å²) in [7, 11) is 0. The van der Waals surface area contributed by atoms with Crippen LogP contribution < -0.4 is 5.32 Å². The average Bonchev–Trinajstić information content (AvgIpc) is 3.35. The highest BCUT2D eigenvalue weighted by molar-refractivity contribution is 6.05. The predicted octanol–water partition coefficient (Wildman–Crippen LogP) is 4.13. The molecule has 7 heteroatoms. The molecule has 6 nitrogen and oxygen atoms in total. The Morgan fingerprint density at radius 1 is 1.03 bits per heavy atom. The number of nitrogens with zero attached hydrogens (tertiary/aromatic N) is 4. The first-order valence-corrected chi connectivity index (χ1v) is 9.21. The number of hydrogen-bond donors (Lipinski definition) is 1. The quantitative estimate of drug-likeness (QED) is 0.558. The van der Waals surface area contributed by atoms with Crippen molar-refractivity contribution in [1.29, 1.82) is 0 Å². The first-order chi connectivity index (χ1) is 14.0. The molecule has 0 radical (unpaired) electrons. The number of aromatic nitrogens is 4. The Labute approximate surface area is 167 Å². The lowest BCUT2D eigenvalue weighted by Crippen LogP contribution is -2.17. The van der Waals surface area contributed by atoms with E-state index in [1.54, 1.807) is 22.2 Å². The highest BCUT2D eigenvalue weighted by Gasteiger charge is 2.22. The highest BCUT2D eigenvalue weighted by Crippen LogP contribution is 2.19. The largest absolute Gasteiger partial charge is 0.318 e. The van der Waals surface area contributed by atoms with Crippen LogP contribution in [0.15, 0.2) is 67.0 Å². The summed E-state index contributed by atoms with van der Waals surface area (Å²) in [6, 6.07) is 16.4. The number of carbonyl (C=O) groups is 1. The zero-order valence-electron chi connectivity index (χ0n) is 16.1. The van der Waals surface area contributed by atoms with Crippen molar-refractivity contribution in [2.24, 2.45) is 0 Å². The van der Waals surface area contributed by atoms with Crippen LogP contribution in [0.1, 0.15) is 27.2 Å². The standard InChI is InChI=1S/C22H20FN5O/c1-15-5-8-17(9-6-15)14-28-22(27-11-3-4-12-27)20(25-26-28)21(29)24-19-10-7-16(2)13-18(19)23/h3-13H,14H2,1-2H3,(H,24,29). The van der Waals surface area contributed by atoms with E-state index in [-0.39, 0.29) is 11.4 Å². The average molecular weight is 389 g/mol. The summed E-state index contributed by atoms with van der Waals surface area (Å²) in [5.41, 5.74) is 3.20. The lowest BCUT2D eigenvalue weighted by Gasteiger charge is -2.10. The molecule has 1 amide bonds. The number of hydrogen-bond acceptors (Lipinski definition) is 3. The zero-order chi connectivity index (χ0) is 20.4. The predicted molar refractivity (Wildman–Crippen MR) is 109 cm³/mol. The molecule has 0 aliphatic rings. The molecule has 1 N–H and O–H groups in total. The lowest BCUT2D eigenvalue weighted by atomic mass is 10.1. The number of nitrogens with one attached hydrogen (secondary N) is 1. The van der Waals surface area contributed by atoms with Crippen LogP contribution >= 0.6 is 0 Å². The van der Waals surface area contributed by atoms with E-state index >= 15 is 0 Å². The maximum Gasteiger partial charge on any atom is 0.280 e. The Hall–Kier alpha value is -3.74. The van der Waals surface area contributed by atoms with E-state index in [0.717, 1.165) is 16.7 Å². The van der Waals surface area contributed by atoms with E-state index in [4.69, 9.17) is 0 Å². The van der Waals surface area contributed by atoms with Crippen LogP contribution in [-0.4, -0.2) is 25.5 Å². The van der Waals surface area contributed by atoms with Crippen LogP contribution in [-0.2, 0) is 6.54 Å². The van der Waals surface area contributed by atoms with Gasteiger partial charge in [-0.3, -0.25) is 4.79 Å². The molecular weight excluding hydrogens is 369 g/mol. The van der Waals surface area contributed by atoms with E-state index in [9.17, 15) is 9.18 Å². The molecule has 0 unspecified atom stereocenters. The van der Waals surface area contributed by atoms with Gasteiger partial charge in [-0.25, -0.2) is 9.07 Å². The molecule has 0 aliphatic heterocycles. The van der Waals surface area contributed by atoms with Crippen LogP contribution in [0.2, 0.25) is 0 Å². The second kappa shape index (κ2) is 7.71. The maximum atomic E-state index is 14.2. The van der Waals surface area contributed by atoms with Gasteiger partial charge in [0, 0.05) is 12.4 Å². The van der Waals surface area contributed by atoms with Gasteiger partial charge in [-0.1, -0.05) is 41.1 Å². The molecule has 4 aromatic rings. The Morgan fingerprint density at radius 3 is 2.41 bits per heavy atom. The molecule has 29 heavy (non-hydrogen) atoms. The van der Waals surface area contributed by atoms with Crippen molar-refractivity contribution in [2.75, 3.05) is 5.32 Å². The summed E-state index contributed by atoms with van der Waals surface area (Å²) >= 11 is 0. The van der Waals surface area contributed by atoms with Gasteiger partial charge in [0.15, 0.2) is 11.5 Å². The van der Waals surface area contributed by atoms with E-state index < -0.39 is 11.7 Å². The molecule has 0 aliphatic carbocycles. The Morgan fingerprint density at radius 2 is 1.72 bits per heavy atom. The number of aryl methyl sites for hydroxylation is 2.